The molecule has 4 aliphatic heterocycles. The second-order valence-electron chi connectivity index (χ2n) is 13.9. The zero-order valence-electron chi connectivity index (χ0n) is 26.8. The van der Waals surface area contributed by atoms with Gasteiger partial charge in [0.15, 0.2) is 0 Å². The number of nitrogens with zero attached hydrogens (tertiary/aromatic N) is 6. The van der Waals surface area contributed by atoms with E-state index >= 15 is 8.78 Å². The van der Waals surface area contributed by atoms with Crippen LogP contribution in [0.3, 0.4) is 0 Å². The van der Waals surface area contributed by atoms with E-state index in [4.69, 9.17) is 20.2 Å². The summed E-state index contributed by atoms with van der Waals surface area (Å²) in [7, 11) is 0. The van der Waals surface area contributed by atoms with Crippen LogP contribution in [-0.2, 0) is 4.74 Å². The Morgan fingerprint density at radius 3 is 2.73 bits per heavy atom. The number of aromatic nitrogens is 3. The van der Waals surface area contributed by atoms with Crippen LogP contribution in [0.15, 0.2) is 34.8 Å². The van der Waals surface area contributed by atoms with Gasteiger partial charge in [-0.1, -0.05) is 24.8 Å². The van der Waals surface area contributed by atoms with E-state index in [1.165, 1.54) is 18.3 Å². The molecule has 1 saturated carbocycles. The second kappa shape index (κ2) is 12.5. The number of nitrogens with one attached hydrogen (secondary N) is 1. The zero-order valence-corrected chi connectivity index (χ0v) is 27.6. The average molecular weight is 681 g/mol. The fraction of sp³-hybridized carbons (Fsp3) is 0.588. The maximum absolute atomic E-state index is 15.3. The van der Waals surface area contributed by atoms with Crippen molar-refractivity contribution in [3.63, 3.8) is 0 Å². The van der Waals surface area contributed by atoms with Gasteiger partial charge in [-0.25, -0.2) is 13.2 Å². The highest BCUT2D eigenvalue weighted by atomic mass is 32.2. The smallest absolute Gasteiger partial charge is 0.318 e. The molecule has 0 amide bonds. The van der Waals surface area contributed by atoms with Crippen molar-refractivity contribution in [2.24, 2.45) is 17.1 Å². The number of fused-ring (bicyclic) bond motifs is 4. The summed E-state index contributed by atoms with van der Waals surface area (Å²) < 4.78 is 57.8. The summed E-state index contributed by atoms with van der Waals surface area (Å²) in [5.74, 6) is -0.801. The lowest BCUT2D eigenvalue weighted by Gasteiger charge is -2.37. The van der Waals surface area contributed by atoms with Gasteiger partial charge in [0.1, 0.15) is 11.6 Å². The summed E-state index contributed by atoms with van der Waals surface area (Å²) in [5.41, 5.74) is 6.18. The number of nitrogens with two attached hydrogens (primary N) is 1. The molecule has 2 bridgehead atoms. The number of hydrogen-bond acceptors (Lipinski definition) is 11. The quantitative estimate of drug-likeness (QED) is 0.378. The van der Waals surface area contributed by atoms with Gasteiger partial charge < -0.3 is 25.4 Å². The highest BCUT2D eigenvalue weighted by Gasteiger charge is 2.50. The number of nitriles is 1. The summed E-state index contributed by atoms with van der Waals surface area (Å²) in [6.45, 7) is 6.92. The molecule has 8 rings (SSSR count). The Hall–Kier alpha value is -3.38. The minimum Gasteiger partial charge on any atom is -0.463 e. The SMILES string of the molecule is CCC1CN(c2nc(OCC3(CN4C5CCC4COC5)CC3)nc3c(C(F)F)c(C4=CC=C(F)C5SC(N)=C(C#N)C45)ncc23)CCN1. The lowest BCUT2D eigenvalue weighted by Crippen LogP contribution is -2.50. The van der Waals surface area contributed by atoms with Crippen LogP contribution >= 0.6 is 11.8 Å². The Labute approximate surface area is 281 Å². The summed E-state index contributed by atoms with van der Waals surface area (Å²) >= 11 is 1.03. The molecule has 5 atom stereocenters. The molecule has 14 heteroatoms. The van der Waals surface area contributed by atoms with Crippen LogP contribution in [-0.4, -0.2) is 89.2 Å². The molecule has 3 N–H and O–H groups in total. The molecule has 3 saturated heterocycles. The van der Waals surface area contributed by atoms with Crippen LogP contribution in [0, 0.1) is 22.7 Å². The number of rotatable bonds is 9. The van der Waals surface area contributed by atoms with Crippen LogP contribution in [0.2, 0.25) is 0 Å². The van der Waals surface area contributed by atoms with Crippen molar-refractivity contribution in [3.05, 3.63) is 46.0 Å². The van der Waals surface area contributed by atoms with Crippen LogP contribution in [0.5, 0.6) is 6.01 Å². The first-order chi connectivity index (χ1) is 23.3. The Morgan fingerprint density at radius 2 is 2.02 bits per heavy atom. The maximum atomic E-state index is 15.3. The maximum Gasteiger partial charge on any atom is 0.318 e. The summed E-state index contributed by atoms with van der Waals surface area (Å²) in [5, 5.41) is 13.2. The normalized spacial score (nSPS) is 29.6. The number of pyridine rings is 1. The van der Waals surface area contributed by atoms with E-state index in [1.54, 1.807) is 0 Å². The zero-order chi connectivity index (χ0) is 33.2. The third-order valence-electron chi connectivity index (χ3n) is 10.9. The predicted molar refractivity (Wildman–Crippen MR) is 177 cm³/mol. The number of anilines is 1. The van der Waals surface area contributed by atoms with Crippen LogP contribution in [0.1, 0.15) is 56.7 Å². The van der Waals surface area contributed by atoms with Crippen molar-refractivity contribution in [2.75, 3.05) is 50.9 Å². The first kappa shape index (κ1) is 31.9. The molecule has 4 fully saturated rings. The fourth-order valence-electron chi connectivity index (χ4n) is 8.03. The van der Waals surface area contributed by atoms with Crippen molar-refractivity contribution in [1.82, 2.24) is 25.2 Å². The number of piperazine rings is 1. The average Bonchev–Trinajstić information content (AvgIpc) is 3.73. The molecule has 0 radical (unpaired) electrons. The first-order valence-electron chi connectivity index (χ1n) is 16.9. The van der Waals surface area contributed by atoms with Crippen molar-refractivity contribution in [3.8, 4) is 12.1 Å². The lowest BCUT2D eigenvalue weighted by molar-refractivity contribution is -0.0271. The van der Waals surface area contributed by atoms with Gasteiger partial charge in [0.25, 0.3) is 6.43 Å². The van der Waals surface area contributed by atoms with Gasteiger partial charge in [0.05, 0.1) is 63.9 Å². The van der Waals surface area contributed by atoms with Gasteiger partial charge in [-0.15, -0.1) is 0 Å². The van der Waals surface area contributed by atoms with Gasteiger partial charge in [-0.05, 0) is 43.8 Å². The van der Waals surface area contributed by atoms with E-state index in [1.807, 2.05) is 0 Å². The summed E-state index contributed by atoms with van der Waals surface area (Å²) in [6, 6.07) is 3.22. The number of alkyl halides is 2. The molecule has 6 heterocycles. The highest BCUT2D eigenvalue weighted by Crippen LogP contribution is 2.53. The Morgan fingerprint density at radius 1 is 1.23 bits per heavy atom. The third-order valence-corrected chi connectivity index (χ3v) is 12.2. The van der Waals surface area contributed by atoms with Gasteiger partial charge in [0.2, 0.25) is 0 Å². The molecule has 0 aromatic carbocycles. The van der Waals surface area contributed by atoms with Gasteiger partial charge in [0, 0.05) is 61.8 Å². The number of halogens is 3. The minimum absolute atomic E-state index is 0.0249. The molecular weight excluding hydrogens is 641 g/mol. The molecule has 2 aromatic heterocycles. The van der Waals surface area contributed by atoms with Crippen molar-refractivity contribution >= 4 is 34.1 Å². The first-order valence-corrected chi connectivity index (χ1v) is 17.7. The van der Waals surface area contributed by atoms with Gasteiger partial charge >= 0.3 is 6.01 Å². The number of thioether (sulfide) groups is 1. The van der Waals surface area contributed by atoms with Crippen molar-refractivity contribution < 1.29 is 22.6 Å². The van der Waals surface area contributed by atoms with Gasteiger partial charge in [-0.3, -0.25) is 9.88 Å². The molecule has 0 spiro atoms. The van der Waals surface area contributed by atoms with Crippen LogP contribution in [0.4, 0.5) is 19.0 Å². The van der Waals surface area contributed by atoms with E-state index in [0.717, 1.165) is 63.6 Å². The standard InChI is InChI=1S/C34H39F3N8O2S/c1-2-18-13-44(10-9-40-18)32-23-12-41-27(21-5-6-24(35)29-25(21)22(11-38)31(39)48-29)26(30(36)37)28(23)42-33(43-32)47-17-34(7-8-34)16-45-19-3-4-20(45)15-46-14-19/h5-6,12,18-20,25,29-30,40H,2-4,7-10,13-17,39H2,1H3. The van der Waals surface area contributed by atoms with E-state index in [9.17, 15) is 9.65 Å². The monoisotopic (exact) mass is 680 g/mol. The third kappa shape index (κ3) is 5.52. The van der Waals surface area contributed by atoms with E-state index in [2.05, 4.69) is 38.1 Å². The number of ether oxygens (including phenoxy) is 2. The fourth-order valence-corrected chi connectivity index (χ4v) is 9.22. The topological polar surface area (TPSA) is 125 Å². The molecule has 2 aliphatic carbocycles. The summed E-state index contributed by atoms with van der Waals surface area (Å²) in [4.78, 5) is 18.8. The summed E-state index contributed by atoms with van der Waals surface area (Å²) in [6.07, 6.45) is 6.47. The molecule has 5 unspecified atom stereocenters. The van der Waals surface area contributed by atoms with Crippen LogP contribution in [0.25, 0.3) is 16.5 Å². The van der Waals surface area contributed by atoms with E-state index in [0.29, 0.717) is 55.1 Å². The largest absolute Gasteiger partial charge is 0.463 e. The minimum atomic E-state index is -2.97. The van der Waals surface area contributed by atoms with Crippen LogP contribution < -0.4 is 20.7 Å². The number of allylic oxidation sites excluding steroid dienone is 4. The van der Waals surface area contributed by atoms with Gasteiger partial charge in [-0.2, -0.15) is 15.2 Å². The molecule has 2 aromatic rings. The molecule has 10 nitrogen and oxygen atoms in total. The van der Waals surface area contributed by atoms with E-state index in [-0.39, 0.29) is 44.8 Å². The molecule has 6 aliphatic rings. The lowest BCUT2D eigenvalue weighted by atomic mass is 9.82. The van der Waals surface area contributed by atoms with Crippen molar-refractivity contribution in [2.45, 2.75) is 68.8 Å². The Kier molecular flexibility index (Phi) is 8.30. The molecular formula is C34H39F3N8O2S. The number of hydrogen-bond donors (Lipinski definition) is 2. The Balaban J connectivity index is 1.19. The number of morpholine rings is 1. The molecule has 254 valence electrons. The Bertz CT molecular complexity index is 1740. The second-order valence-corrected chi connectivity index (χ2v) is 15.1. The van der Waals surface area contributed by atoms with E-state index < -0.39 is 23.4 Å². The molecule has 48 heavy (non-hydrogen) atoms. The highest BCUT2D eigenvalue weighted by molar-refractivity contribution is 8.04. The van der Waals surface area contributed by atoms with Crippen molar-refractivity contribution in [1.29, 1.82) is 5.26 Å². The predicted octanol–water partition coefficient (Wildman–Crippen LogP) is 4.85.